The fourth-order valence-electron chi connectivity index (χ4n) is 4.42. The molecule has 6 heteroatoms. The smallest absolute Gasteiger partial charge is 0.334 e. The van der Waals surface area contributed by atoms with Crippen LogP contribution in [0, 0.1) is 6.92 Å². The predicted molar refractivity (Wildman–Crippen MR) is 100 cm³/mol. The van der Waals surface area contributed by atoms with Gasteiger partial charge in [-0.25, -0.2) is 4.79 Å². The molecule has 28 heavy (non-hydrogen) atoms. The van der Waals surface area contributed by atoms with Crippen molar-refractivity contribution in [1.29, 1.82) is 0 Å². The lowest BCUT2D eigenvalue weighted by molar-refractivity contribution is -0.136. The van der Waals surface area contributed by atoms with Gasteiger partial charge in [0, 0.05) is 17.9 Å². The molecular weight excluding hydrogens is 360 g/mol. The lowest BCUT2D eigenvalue weighted by Crippen LogP contribution is -2.17. The van der Waals surface area contributed by atoms with Gasteiger partial charge >= 0.3 is 5.97 Å². The van der Waals surface area contributed by atoms with Gasteiger partial charge in [-0.05, 0) is 52.9 Å². The molecule has 0 aromatic heterocycles. The summed E-state index contributed by atoms with van der Waals surface area (Å²) in [4.78, 5) is 12.3. The van der Waals surface area contributed by atoms with Gasteiger partial charge in [-0.15, -0.1) is 0 Å². The standard InChI is InChI=1S/C22H20O6/c1-11-4-13(7-19(24-2)21(11)25-3)20-14-8-18-17(27-10-28-18)6-12(14)5-15-16(20)9-26-22(15)23/h4,6-8,20H,5,9-10H2,1-3H3. The quantitative estimate of drug-likeness (QED) is 0.762. The second-order valence-corrected chi connectivity index (χ2v) is 7.17. The van der Waals surface area contributed by atoms with Gasteiger partial charge in [0.1, 0.15) is 6.61 Å². The number of carbonyl (C=O) groups is 1. The fourth-order valence-corrected chi connectivity index (χ4v) is 4.42. The molecule has 0 spiro atoms. The minimum absolute atomic E-state index is 0.113. The molecule has 0 saturated carbocycles. The molecule has 0 N–H and O–H groups in total. The van der Waals surface area contributed by atoms with E-state index in [0.717, 1.165) is 44.9 Å². The molecule has 1 atom stereocenters. The first kappa shape index (κ1) is 17.0. The number of carbonyl (C=O) groups excluding carboxylic acids is 1. The lowest BCUT2D eigenvalue weighted by atomic mass is 9.75. The fraction of sp³-hybridized carbons (Fsp3) is 0.318. The Hall–Kier alpha value is -3.15. The number of hydrogen-bond donors (Lipinski definition) is 0. The summed E-state index contributed by atoms with van der Waals surface area (Å²) < 4.78 is 27.6. The van der Waals surface area contributed by atoms with Crippen molar-refractivity contribution in [2.45, 2.75) is 19.3 Å². The van der Waals surface area contributed by atoms with E-state index >= 15 is 0 Å². The largest absolute Gasteiger partial charge is 0.493 e. The monoisotopic (exact) mass is 380 g/mol. The Bertz CT molecular complexity index is 1040. The Kier molecular flexibility index (Phi) is 3.75. The molecule has 2 aliphatic heterocycles. The Morgan fingerprint density at radius 3 is 2.54 bits per heavy atom. The number of ether oxygens (including phenoxy) is 5. The average molecular weight is 380 g/mol. The van der Waals surface area contributed by atoms with Crippen molar-refractivity contribution in [2.75, 3.05) is 27.6 Å². The molecule has 5 rings (SSSR count). The van der Waals surface area contributed by atoms with Gasteiger partial charge in [-0.1, -0.05) is 6.07 Å². The average Bonchev–Trinajstić information content (AvgIpc) is 3.30. The van der Waals surface area contributed by atoms with Crippen LogP contribution in [-0.4, -0.2) is 33.6 Å². The third-order valence-electron chi connectivity index (χ3n) is 5.67. The summed E-state index contributed by atoms with van der Waals surface area (Å²) in [6.07, 6.45) is 0.545. The first-order valence-corrected chi connectivity index (χ1v) is 9.14. The van der Waals surface area contributed by atoms with E-state index in [1.165, 1.54) is 0 Å². The van der Waals surface area contributed by atoms with Crippen LogP contribution in [-0.2, 0) is 16.0 Å². The van der Waals surface area contributed by atoms with Crippen molar-refractivity contribution in [2.24, 2.45) is 0 Å². The molecule has 2 heterocycles. The summed E-state index contributed by atoms with van der Waals surface area (Å²) in [6.45, 7) is 2.51. The first-order valence-electron chi connectivity index (χ1n) is 9.14. The summed E-state index contributed by atoms with van der Waals surface area (Å²) in [5, 5.41) is 0. The van der Waals surface area contributed by atoms with Gasteiger partial charge in [-0.2, -0.15) is 0 Å². The zero-order chi connectivity index (χ0) is 19.4. The van der Waals surface area contributed by atoms with Crippen LogP contribution >= 0.6 is 0 Å². The zero-order valence-corrected chi connectivity index (χ0v) is 16.0. The SMILES string of the molecule is COc1cc(C2C3=C(Cc4cc5c(cc42)OCO5)C(=O)OC3)cc(C)c1OC. The Balaban J connectivity index is 1.73. The molecule has 0 fully saturated rings. The van der Waals surface area contributed by atoms with Crippen molar-refractivity contribution in [3.8, 4) is 23.0 Å². The molecule has 0 saturated heterocycles. The van der Waals surface area contributed by atoms with Gasteiger partial charge in [-0.3, -0.25) is 0 Å². The second kappa shape index (κ2) is 6.19. The van der Waals surface area contributed by atoms with Gasteiger partial charge in [0.05, 0.1) is 14.2 Å². The molecule has 6 nitrogen and oxygen atoms in total. The van der Waals surface area contributed by atoms with Crippen LogP contribution in [0.15, 0.2) is 35.4 Å². The molecule has 1 aliphatic carbocycles. The van der Waals surface area contributed by atoms with E-state index in [-0.39, 0.29) is 18.7 Å². The van der Waals surface area contributed by atoms with E-state index < -0.39 is 0 Å². The van der Waals surface area contributed by atoms with Gasteiger partial charge < -0.3 is 23.7 Å². The van der Waals surface area contributed by atoms with Crippen LogP contribution in [0.3, 0.4) is 0 Å². The number of fused-ring (bicyclic) bond motifs is 2. The number of aryl methyl sites for hydroxylation is 1. The van der Waals surface area contributed by atoms with Crippen LogP contribution < -0.4 is 18.9 Å². The summed E-state index contributed by atoms with van der Waals surface area (Å²) in [5.74, 6) is 2.48. The van der Waals surface area contributed by atoms with Crippen LogP contribution in [0.5, 0.6) is 23.0 Å². The molecule has 0 bridgehead atoms. The van der Waals surface area contributed by atoms with Crippen LogP contribution in [0.25, 0.3) is 0 Å². The highest BCUT2D eigenvalue weighted by Gasteiger charge is 2.38. The normalized spacial score (nSPS) is 19.2. The second-order valence-electron chi connectivity index (χ2n) is 7.17. The van der Waals surface area contributed by atoms with E-state index in [4.69, 9.17) is 23.7 Å². The molecule has 2 aromatic carbocycles. The Labute approximate surface area is 162 Å². The van der Waals surface area contributed by atoms with Crippen LogP contribution in [0.1, 0.15) is 28.2 Å². The highest BCUT2D eigenvalue weighted by Crippen LogP contribution is 2.49. The van der Waals surface area contributed by atoms with Crippen molar-refractivity contribution in [3.05, 3.63) is 57.7 Å². The molecule has 1 unspecified atom stereocenters. The minimum atomic E-state index is -0.236. The number of benzene rings is 2. The predicted octanol–water partition coefficient (Wildman–Crippen LogP) is 3.28. The van der Waals surface area contributed by atoms with E-state index in [1.807, 2.05) is 25.1 Å². The number of methoxy groups -OCH3 is 2. The van der Waals surface area contributed by atoms with Crippen molar-refractivity contribution in [3.63, 3.8) is 0 Å². The maximum atomic E-state index is 12.3. The number of esters is 1. The van der Waals surface area contributed by atoms with Crippen molar-refractivity contribution >= 4 is 5.97 Å². The third-order valence-corrected chi connectivity index (χ3v) is 5.67. The summed E-state index contributed by atoms with van der Waals surface area (Å²) >= 11 is 0. The summed E-state index contributed by atoms with van der Waals surface area (Å²) in [7, 11) is 3.26. The zero-order valence-electron chi connectivity index (χ0n) is 16.0. The van der Waals surface area contributed by atoms with E-state index in [0.29, 0.717) is 24.5 Å². The molecule has 0 amide bonds. The maximum Gasteiger partial charge on any atom is 0.334 e. The highest BCUT2D eigenvalue weighted by molar-refractivity contribution is 5.94. The molecule has 3 aliphatic rings. The third kappa shape index (κ3) is 2.37. The van der Waals surface area contributed by atoms with Gasteiger partial charge in [0.2, 0.25) is 6.79 Å². The van der Waals surface area contributed by atoms with E-state index in [1.54, 1.807) is 14.2 Å². The van der Waals surface area contributed by atoms with Gasteiger partial charge in [0.25, 0.3) is 0 Å². The molecular formula is C22H20O6. The maximum absolute atomic E-state index is 12.3. The minimum Gasteiger partial charge on any atom is -0.493 e. The number of rotatable bonds is 3. The van der Waals surface area contributed by atoms with Crippen LogP contribution in [0.2, 0.25) is 0 Å². The van der Waals surface area contributed by atoms with Crippen molar-refractivity contribution < 1.29 is 28.5 Å². The molecule has 0 radical (unpaired) electrons. The first-order chi connectivity index (χ1) is 13.6. The summed E-state index contributed by atoms with van der Waals surface area (Å²) in [5.41, 5.74) is 5.90. The van der Waals surface area contributed by atoms with Gasteiger partial charge in [0.15, 0.2) is 23.0 Å². The summed E-state index contributed by atoms with van der Waals surface area (Å²) in [6, 6.07) is 8.07. The Morgan fingerprint density at radius 1 is 1.00 bits per heavy atom. The van der Waals surface area contributed by atoms with E-state index in [9.17, 15) is 4.79 Å². The molecule has 2 aromatic rings. The Morgan fingerprint density at radius 2 is 1.79 bits per heavy atom. The lowest BCUT2D eigenvalue weighted by Gasteiger charge is -2.28. The molecule has 144 valence electrons. The number of cyclic esters (lactones) is 1. The van der Waals surface area contributed by atoms with Crippen LogP contribution in [0.4, 0.5) is 0 Å². The van der Waals surface area contributed by atoms with E-state index in [2.05, 4.69) is 6.07 Å². The topological polar surface area (TPSA) is 63.2 Å². The number of hydrogen-bond acceptors (Lipinski definition) is 6. The van der Waals surface area contributed by atoms with Crippen molar-refractivity contribution in [1.82, 2.24) is 0 Å². The highest BCUT2D eigenvalue weighted by atomic mass is 16.7.